The van der Waals surface area contributed by atoms with Crippen LogP contribution in [0.4, 0.5) is 18.9 Å². The first kappa shape index (κ1) is 14.1. The first-order chi connectivity index (χ1) is 9.29. The molecule has 0 aliphatic rings. The van der Waals surface area contributed by atoms with Crippen molar-refractivity contribution in [1.29, 1.82) is 0 Å². The minimum absolute atomic E-state index is 0.285. The summed E-state index contributed by atoms with van der Waals surface area (Å²) in [6.07, 6.45) is 0.873. The Labute approximate surface area is 111 Å². The Morgan fingerprint density at radius 1 is 1.10 bits per heavy atom. The van der Waals surface area contributed by atoms with Crippen LogP contribution in [0.25, 0.3) is 0 Å². The Morgan fingerprint density at radius 2 is 1.80 bits per heavy atom. The van der Waals surface area contributed by atoms with Gasteiger partial charge in [0.1, 0.15) is 10.7 Å². The van der Waals surface area contributed by atoms with E-state index in [9.17, 15) is 26.4 Å². The number of sulfonamides is 1. The number of pyridine rings is 1. The molecule has 2 N–H and O–H groups in total. The zero-order valence-electron chi connectivity index (χ0n) is 9.65. The summed E-state index contributed by atoms with van der Waals surface area (Å²) < 4.78 is 64.7. The van der Waals surface area contributed by atoms with Crippen LogP contribution in [0.5, 0.6) is 0 Å². The van der Waals surface area contributed by atoms with Crippen LogP contribution in [0.3, 0.4) is 0 Å². The summed E-state index contributed by atoms with van der Waals surface area (Å²) in [7, 11) is -4.28. The molecular weight excluding hydrogens is 297 g/mol. The third kappa shape index (κ3) is 2.82. The van der Waals surface area contributed by atoms with Gasteiger partial charge in [0, 0.05) is 24.4 Å². The van der Waals surface area contributed by atoms with Crippen LogP contribution < -0.4 is 10.3 Å². The lowest BCUT2D eigenvalue weighted by atomic mass is 10.3. The molecular formula is C11H7F3N2O3S. The van der Waals surface area contributed by atoms with Gasteiger partial charge in [-0.1, -0.05) is 0 Å². The number of halogens is 3. The van der Waals surface area contributed by atoms with Gasteiger partial charge in [-0.15, -0.1) is 0 Å². The molecule has 0 fully saturated rings. The van der Waals surface area contributed by atoms with E-state index < -0.39 is 38.7 Å². The molecule has 0 radical (unpaired) electrons. The number of nitrogens with one attached hydrogen (secondary N) is 2. The smallest absolute Gasteiger partial charge is 0.263 e. The molecule has 9 heteroatoms. The lowest BCUT2D eigenvalue weighted by Crippen LogP contribution is -2.16. The Bertz CT molecular complexity index is 798. The second-order valence-electron chi connectivity index (χ2n) is 3.74. The highest BCUT2D eigenvalue weighted by atomic mass is 32.2. The van der Waals surface area contributed by atoms with E-state index in [-0.39, 0.29) is 11.0 Å². The van der Waals surface area contributed by atoms with Crippen LogP contribution in [0.2, 0.25) is 0 Å². The molecule has 1 aromatic carbocycles. The molecule has 0 unspecified atom stereocenters. The number of anilines is 1. The Hall–Kier alpha value is -2.29. The van der Waals surface area contributed by atoms with Crippen molar-refractivity contribution in [2.75, 3.05) is 4.72 Å². The molecule has 0 bridgehead atoms. The molecule has 0 spiro atoms. The highest BCUT2D eigenvalue weighted by molar-refractivity contribution is 7.92. The van der Waals surface area contributed by atoms with Crippen LogP contribution in [0, 0.1) is 17.5 Å². The fourth-order valence-corrected chi connectivity index (χ4v) is 2.41. The van der Waals surface area contributed by atoms with Crippen LogP contribution in [-0.4, -0.2) is 13.4 Å². The van der Waals surface area contributed by atoms with Gasteiger partial charge in [0.25, 0.3) is 10.0 Å². The highest BCUT2D eigenvalue weighted by Crippen LogP contribution is 2.22. The fraction of sp³-hybridized carbons (Fsp3) is 0. The Morgan fingerprint density at radius 3 is 2.40 bits per heavy atom. The maximum Gasteiger partial charge on any atom is 0.263 e. The SMILES string of the molecule is O=c1ccc(S(=O)(=O)Nc2cc(F)cc(F)c2F)c[nH]1. The minimum atomic E-state index is -4.28. The summed E-state index contributed by atoms with van der Waals surface area (Å²) >= 11 is 0. The molecule has 1 heterocycles. The summed E-state index contributed by atoms with van der Waals surface area (Å²) in [5, 5.41) is 0. The number of hydrogen-bond donors (Lipinski definition) is 2. The third-order valence-electron chi connectivity index (χ3n) is 2.30. The van der Waals surface area contributed by atoms with Crippen molar-refractivity contribution < 1.29 is 21.6 Å². The van der Waals surface area contributed by atoms with E-state index in [1.807, 2.05) is 0 Å². The second kappa shape index (κ2) is 5.00. The largest absolute Gasteiger partial charge is 0.328 e. The molecule has 2 rings (SSSR count). The van der Waals surface area contributed by atoms with E-state index in [1.54, 1.807) is 4.72 Å². The minimum Gasteiger partial charge on any atom is -0.328 e. The molecule has 106 valence electrons. The fourth-order valence-electron chi connectivity index (χ4n) is 1.40. The number of benzene rings is 1. The maximum atomic E-state index is 13.4. The number of aromatic amines is 1. The van der Waals surface area contributed by atoms with Crippen molar-refractivity contribution in [1.82, 2.24) is 4.98 Å². The standard InChI is InChI=1S/C11H7F3N2O3S/c12-6-3-8(13)11(14)9(4-6)16-20(18,19)7-1-2-10(17)15-5-7/h1-5,16H,(H,15,17). The van der Waals surface area contributed by atoms with E-state index in [0.29, 0.717) is 6.07 Å². The van der Waals surface area contributed by atoms with Gasteiger partial charge in [0.15, 0.2) is 11.6 Å². The molecule has 20 heavy (non-hydrogen) atoms. The van der Waals surface area contributed by atoms with Crippen molar-refractivity contribution in [3.8, 4) is 0 Å². The van der Waals surface area contributed by atoms with Crippen LogP contribution >= 0.6 is 0 Å². The van der Waals surface area contributed by atoms with Gasteiger partial charge in [0.2, 0.25) is 5.56 Å². The van der Waals surface area contributed by atoms with E-state index in [1.165, 1.54) is 0 Å². The number of rotatable bonds is 3. The van der Waals surface area contributed by atoms with Gasteiger partial charge in [-0.25, -0.2) is 21.6 Å². The molecule has 0 aliphatic carbocycles. The summed E-state index contributed by atoms with van der Waals surface area (Å²) in [6.45, 7) is 0. The van der Waals surface area contributed by atoms with E-state index in [4.69, 9.17) is 0 Å². The van der Waals surface area contributed by atoms with Gasteiger partial charge < -0.3 is 4.98 Å². The zero-order chi connectivity index (χ0) is 14.9. The predicted octanol–water partition coefficient (Wildman–Crippen LogP) is 1.59. The van der Waals surface area contributed by atoms with Gasteiger partial charge in [-0.2, -0.15) is 0 Å². The van der Waals surface area contributed by atoms with Crippen molar-refractivity contribution in [3.63, 3.8) is 0 Å². The summed E-state index contributed by atoms with van der Waals surface area (Å²) in [5.74, 6) is -4.19. The topological polar surface area (TPSA) is 79.0 Å². The maximum absolute atomic E-state index is 13.4. The quantitative estimate of drug-likeness (QED) is 0.845. The summed E-state index contributed by atoms with van der Waals surface area (Å²) in [4.78, 5) is 12.5. The van der Waals surface area contributed by atoms with Gasteiger partial charge in [0.05, 0.1) is 5.69 Å². The van der Waals surface area contributed by atoms with Crippen molar-refractivity contribution in [2.24, 2.45) is 0 Å². The Balaban J connectivity index is 2.43. The molecule has 0 saturated carbocycles. The average molecular weight is 304 g/mol. The molecule has 2 aromatic rings. The summed E-state index contributed by atoms with van der Waals surface area (Å²) in [5.41, 5.74) is -1.40. The average Bonchev–Trinajstić information content (AvgIpc) is 2.35. The van der Waals surface area contributed by atoms with Gasteiger partial charge in [-0.3, -0.25) is 9.52 Å². The first-order valence-electron chi connectivity index (χ1n) is 5.16. The van der Waals surface area contributed by atoms with Crippen molar-refractivity contribution >= 4 is 15.7 Å². The normalized spacial score (nSPS) is 11.3. The van der Waals surface area contributed by atoms with Crippen LogP contribution in [0.15, 0.2) is 40.2 Å². The van der Waals surface area contributed by atoms with Crippen LogP contribution in [-0.2, 0) is 10.0 Å². The van der Waals surface area contributed by atoms with Crippen LogP contribution in [0.1, 0.15) is 0 Å². The monoisotopic (exact) mass is 304 g/mol. The molecule has 5 nitrogen and oxygen atoms in total. The second-order valence-corrected chi connectivity index (χ2v) is 5.43. The lowest BCUT2D eigenvalue weighted by Gasteiger charge is -2.09. The number of H-pyrrole nitrogens is 1. The summed E-state index contributed by atoms with van der Waals surface area (Å²) in [6, 6.07) is 2.70. The number of hydrogen-bond acceptors (Lipinski definition) is 3. The molecule has 1 aromatic heterocycles. The van der Waals surface area contributed by atoms with Gasteiger partial charge in [-0.05, 0) is 6.07 Å². The molecule has 0 amide bonds. The molecule has 0 saturated heterocycles. The van der Waals surface area contributed by atoms with E-state index >= 15 is 0 Å². The molecule has 0 atom stereocenters. The van der Waals surface area contributed by atoms with Crippen molar-refractivity contribution in [3.05, 3.63) is 58.3 Å². The highest BCUT2D eigenvalue weighted by Gasteiger charge is 2.19. The molecule has 0 aliphatic heterocycles. The lowest BCUT2D eigenvalue weighted by molar-refractivity contribution is 0.498. The number of aromatic nitrogens is 1. The predicted molar refractivity (Wildman–Crippen MR) is 64.2 cm³/mol. The third-order valence-corrected chi connectivity index (χ3v) is 3.67. The van der Waals surface area contributed by atoms with Gasteiger partial charge >= 0.3 is 0 Å². The Kier molecular flexibility index (Phi) is 3.53. The van der Waals surface area contributed by atoms with E-state index in [0.717, 1.165) is 18.3 Å². The first-order valence-corrected chi connectivity index (χ1v) is 6.64. The van der Waals surface area contributed by atoms with E-state index in [2.05, 4.69) is 4.98 Å². The zero-order valence-corrected chi connectivity index (χ0v) is 10.5. The van der Waals surface area contributed by atoms with Crippen molar-refractivity contribution in [2.45, 2.75) is 4.90 Å².